The molecule has 0 saturated heterocycles. The fourth-order valence-electron chi connectivity index (χ4n) is 3.10. The van der Waals surface area contributed by atoms with Gasteiger partial charge in [0.25, 0.3) is 11.8 Å². The molecule has 3 aromatic carbocycles. The van der Waals surface area contributed by atoms with Crippen LogP contribution in [0.2, 0.25) is 0 Å². The topological polar surface area (TPSA) is 110 Å². The highest BCUT2D eigenvalue weighted by Gasteiger charge is 2.20. The van der Waals surface area contributed by atoms with E-state index in [2.05, 4.69) is 10.6 Å². The van der Waals surface area contributed by atoms with Gasteiger partial charge in [0.1, 0.15) is 0 Å². The fourth-order valence-corrected chi connectivity index (χ4v) is 4.12. The lowest BCUT2D eigenvalue weighted by Gasteiger charge is -2.10. The van der Waals surface area contributed by atoms with E-state index in [0.717, 1.165) is 20.9 Å². The van der Waals surface area contributed by atoms with Crippen molar-refractivity contribution in [2.75, 3.05) is 5.32 Å². The fraction of sp³-hybridized carbons (Fsp3) is 0.0435. The van der Waals surface area contributed by atoms with Crippen LogP contribution in [0.3, 0.4) is 0 Å². The molecule has 4 rings (SSSR count). The zero-order valence-corrected chi connectivity index (χ0v) is 16.8. The van der Waals surface area contributed by atoms with Crippen LogP contribution in [0.1, 0.15) is 31.8 Å². The van der Waals surface area contributed by atoms with Gasteiger partial charge in [-0.2, -0.15) is 0 Å². The van der Waals surface area contributed by atoms with Gasteiger partial charge in [0.15, 0.2) is 0 Å². The molecule has 0 aromatic heterocycles. The maximum absolute atomic E-state index is 12.6. The van der Waals surface area contributed by atoms with Gasteiger partial charge in [-0.25, -0.2) is 0 Å². The highest BCUT2D eigenvalue weighted by Crippen LogP contribution is 2.38. The van der Waals surface area contributed by atoms with Crippen LogP contribution < -0.4 is 22.1 Å². The average Bonchev–Trinajstić information content (AvgIpc) is 2.92. The summed E-state index contributed by atoms with van der Waals surface area (Å²) in [7, 11) is 0. The number of nitrogens with two attached hydrogens (primary N) is 2. The minimum atomic E-state index is -0.218. The summed E-state index contributed by atoms with van der Waals surface area (Å²) in [6.45, 7) is 0.370. The van der Waals surface area contributed by atoms with Crippen molar-refractivity contribution in [2.45, 2.75) is 16.3 Å². The monoisotopic (exact) mass is 416 g/mol. The van der Waals surface area contributed by atoms with E-state index in [1.165, 1.54) is 18.0 Å². The molecular formula is C23H20N4O2S. The molecule has 6 N–H and O–H groups in total. The first-order valence-corrected chi connectivity index (χ1v) is 10.1. The molecule has 0 radical (unpaired) electrons. The lowest BCUT2D eigenvalue weighted by Crippen LogP contribution is -2.23. The molecule has 0 aliphatic carbocycles. The van der Waals surface area contributed by atoms with Crippen molar-refractivity contribution >= 4 is 35.0 Å². The third-order valence-corrected chi connectivity index (χ3v) is 5.91. The van der Waals surface area contributed by atoms with Crippen molar-refractivity contribution in [3.8, 4) is 0 Å². The van der Waals surface area contributed by atoms with E-state index in [1.54, 1.807) is 18.2 Å². The van der Waals surface area contributed by atoms with Gasteiger partial charge in [0, 0.05) is 28.1 Å². The van der Waals surface area contributed by atoms with Crippen LogP contribution >= 0.6 is 11.8 Å². The standard InChI is InChI=1S/C23H20N4O2S/c24-12-18(25)15-7-5-14(6-8-15)13-26-22(28)16-9-10-21-19(11-16)27-23(29)17-3-1-2-4-20(17)30-21/h1-12H,13,24-25H2,(H,26,28)(H,27,29)/b18-12-. The molecule has 0 saturated carbocycles. The lowest BCUT2D eigenvalue weighted by molar-refractivity contribution is 0.0949. The van der Waals surface area contributed by atoms with Crippen molar-refractivity contribution in [1.82, 2.24) is 5.32 Å². The zero-order valence-electron chi connectivity index (χ0n) is 16.0. The molecule has 0 bridgehead atoms. The quantitative estimate of drug-likeness (QED) is 0.520. The summed E-state index contributed by atoms with van der Waals surface area (Å²) in [6.07, 6.45) is 1.35. The van der Waals surface area contributed by atoms with Gasteiger partial charge in [0.05, 0.1) is 16.9 Å². The van der Waals surface area contributed by atoms with Gasteiger partial charge in [-0.15, -0.1) is 0 Å². The van der Waals surface area contributed by atoms with Crippen molar-refractivity contribution in [3.05, 3.63) is 95.2 Å². The van der Waals surface area contributed by atoms with Crippen LogP contribution in [-0.2, 0) is 6.54 Å². The van der Waals surface area contributed by atoms with Crippen LogP contribution in [0.15, 0.2) is 82.7 Å². The Morgan fingerprint density at radius 1 is 1.00 bits per heavy atom. The Bertz CT molecular complexity index is 1160. The van der Waals surface area contributed by atoms with E-state index in [0.29, 0.717) is 29.1 Å². The minimum absolute atomic E-state index is 0.180. The first kappa shape index (κ1) is 19.6. The molecule has 2 amide bonds. The Kier molecular flexibility index (Phi) is 5.45. The van der Waals surface area contributed by atoms with Crippen molar-refractivity contribution in [2.24, 2.45) is 11.5 Å². The van der Waals surface area contributed by atoms with Gasteiger partial charge in [-0.1, -0.05) is 48.2 Å². The number of amides is 2. The molecule has 3 aromatic rings. The second-order valence-electron chi connectivity index (χ2n) is 6.76. The van der Waals surface area contributed by atoms with Crippen molar-refractivity contribution in [1.29, 1.82) is 0 Å². The van der Waals surface area contributed by atoms with E-state index < -0.39 is 0 Å². The highest BCUT2D eigenvalue weighted by atomic mass is 32.2. The van der Waals surface area contributed by atoms with E-state index in [9.17, 15) is 9.59 Å². The number of carbonyl (C=O) groups is 2. The lowest BCUT2D eigenvalue weighted by atomic mass is 10.1. The van der Waals surface area contributed by atoms with Gasteiger partial charge in [-0.05, 0) is 41.5 Å². The molecule has 0 atom stereocenters. The third kappa shape index (κ3) is 4.01. The molecule has 30 heavy (non-hydrogen) atoms. The predicted octanol–water partition coefficient (Wildman–Crippen LogP) is 3.55. The summed E-state index contributed by atoms with van der Waals surface area (Å²) < 4.78 is 0. The molecule has 150 valence electrons. The van der Waals surface area contributed by atoms with Crippen molar-refractivity contribution in [3.63, 3.8) is 0 Å². The molecule has 7 heteroatoms. The Hall–Kier alpha value is -3.71. The molecule has 0 fully saturated rings. The summed E-state index contributed by atoms with van der Waals surface area (Å²) >= 11 is 1.50. The number of hydrogen-bond donors (Lipinski definition) is 4. The van der Waals surface area contributed by atoms with Crippen LogP contribution in [0.25, 0.3) is 5.70 Å². The molecule has 1 heterocycles. The summed E-state index contributed by atoms with van der Waals surface area (Å²) in [5.41, 5.74) is 15.2. The van der Waals surface area contributed by atoms with E-state index in [4.69, 9.17) is 11.5 Å². The molecular weight excluding hydrogens is 396 g/mol. The Labute approximate surface area is 178 Å². The second kappa shape index (κ2) is 8.34. The van der Waals surface area contributed by atoms with E-state index in [-0.39, 0.29) is 11.8 Å². The maximum Gasteiger partial charge on any atom is 0.256 e. The summed E-state index contributed by atoms with van der Waals surface area (Å²) in [6, 6.07) is 20.2. The first-order chi connectivity index (χ1) is 14.5. The number of carbonyl (C=O) groups excluding carboxylic acids is 2. The smallest absolute Gasteiger partial charge is 0.256 e. The van der Waals surface area contributed by atoms with Crippen LogP contribution in [-0.4, -0.2) is 11.8 Å². The van der Waals surface area contributed by atoms with Gasteiger partial charge in [0.2, 0.25) is 0 Å². The Morgan fingerprint density at radius 3 is 2.50 bits per heavy atom. The SMILES string of the molecule is N/C=C(\N)c1ccc(CNC(=O)c2ccc3c(c2)NC(=O)c2ccccc2S3)cc1. The van der Waals surface area contributed by atoms with Gasteiger partial charge < -0.3 is 22.1 Å². The van der Waals surface area contributed by atoms with Crippen molar-refractivity contribution < 1.29 is 9.59 Å². The highest BCUT2D eigenvalue weighted by molar-refractivity contribution is 7.99. The molecule has 1 aliphatic heterocycles. The number of rotatable bonds is 4. The summed E-state index contributed by atoms with van der Waals surface area (Å²) in [5, 5.41) is 5.80. The van der Waals surface area contributed by atoms with E-state index >= 15 is 0 Å². The number of fused-ring (bicyclic) bond motifs is 2. The summed E-state index contributed by atoms with van der Waals surface area (Å²) in [5.74, 6) is -0.399. The van der Waals surface area contributed by atoms with Gasteiger partial charge >= 0.3 is 0 Å². The van der Waals surface area contributed by atoms with Crippen LogP contribution in [0.5, 0.6) is 0 Å². The first-order valence-electron chi connectivity index (χ1n) is 9.32. The minimum Gasteiger partial charge on any atom is -0.403 e. The van der Waals surface area contributed by atoms with E-state index in [1.807, 2.05) is 48.5 Å². The van der Waals surface area contributed by atoms with Gasteiger partial charge in [-0.3, -0.25) is 9.59 Å². The molecule has 1 aliphatic rings. The number of benzene rings is 3. The number of hydrogen-bond acceptors (Lipinski definition) is 5. The molecule has 0 spiro atoms. The van der Waals surface area contributed by atoms with Crippen LogP contribution in [0.4, 0.5) is 5.69 Å². The molecule has 0 unspecified atom stereocenters. The Morgan fingerprint density at radius 2 is 1.73 bits per heavy atom. The Balaban J connectivity index is 1.47. The number of nitrogens with one attached hydrogen (secondary N) is 2. The third-order valence-electron chi connectivity index (χ3n) is 4.76. The summed E-state index contributed by atoms with van der Waals surface area (Å²) in [4.78, 5) is 26.9. The maximum atomic E-state index is 12.6. The largest absolute Gasteiger partial charge is 0.403 e. The zero-order chi connectivity index (χ0) is 21.1. The normalized spacial score (nSPS) is 12.9. The number of anilines is 1. The average molecular weight is 417 g/mol. The van der Waals surface area contributed by atoms with Crippen LogP contribution in [0, 0.1) is 0 Å². The predicted molar refractivity (Wildman–Crippen MR) is 119 cm³/mol. The molecule has 6 nitrogen and oxygen atoms in total. The second-order valence-corrected chi connectivity index (χ2v) is 7.85.